The molecule has 2 aromatic rings. The molecular weight excluding hydrogens is 336 g/mol. The average molecular weight is 356 g/mol. The molecule has 0 amide bonds. The Kier molecular flexibility index (Phi) is 6.48. The fraction of sp³-hybridized carbons (Fsp3) is 0.250. The van der Waals surface area contributed by atoms with Gasteiger partial charge in [-0.15, -0.1) is 0 Å². The van der Waals surface area contributed by atoms with E-state index in [0.717, 1.165) is 0 Å². The van der Waals surface area contributed by atoms with E-state index in [1.165, 1.54) is 27.4 Å². The number of carbonyl (C=O) groups is 1. The summed E-state index contributed by atoms with van der Waals surface area (Å²) < 4.78 is 21.4. The van der Waals surface area contributed by atoms with Crippen LogP contribution in [0.4, 0.5) is 0 Å². The van der Waals surface area contributed by atoms with E-state index in [1.807, 2.05) is 0 Å². The van der Waals surface area contributed by atoms with Gasteiger partial charge < -0.3 is 24.1 Å². The quantitative estimate of drug-likeness (QED) is 0.802. The maximum absolute atomic E-state index is 11.3. The second-order valence-corrected chi connectivity index (χ2v) is 5.19. The zero-order valence-electron chi connectivity index (χ0n) is 15.1. The fourth-order valence-corrected chi connectivity index (χ4v) is 2.54. The van der Waals surface area contributed by atoms with Crippen molar-refractivity contribution in [2.45, 2.75) is 0 Å². The molecule has 136 valence electrons. The molecule has 0 bridgehead atoms. The van der Waals surface area contributed by atoms with E-state index in [9.17, 15) is 9.90 Å². The molecule has 6 nitrogen and oxygen atoms in total. The predicted octanol–water partition coefficient (Wildman–Crippen LogP) is 3.08. The standard InChI is InChI=1S/C20H20O6/c1-23-10-6-9-14-12-16(13-7-5-8-15(11-13)20(21)22)18(25-3)19(26-4)17(14)24-2/h5,7-8,11-12H,10H2,1-4H3,(H,21,22). The van der Waals surface area contributed by atoms with Crippen molar-refractivity contribution >= 4 is 5.97 Å². The van der Waals surface area contributed by atoms with Gasteiger partial charge in [0, 0.05) is 12.7 Å². The zero-order chi connectivity index (χ0) is 19.1. The van der Waals surface area contributed by atoms with Crippen LogP contribution in [-0.2, 0) is 4.74 Å². The molecule has 1 N–H and O–H groups in total. The Labute approximate surface area is 152 Å². The molecule has 0 aliphatic carbocycles. The number of rotatable bonds is 6. The highest BCUT2D eigenvalue weighted by Crippen LogP contribution is 2.46. The van der Waals surface area contributed by atoms with Crippen LogP contribution < -0.4 is 14.2 Å². The van der Waals surface area contributed by atoms with Crippen molar-refractivity contribution in [1.82, 2.24) is 0 Å². The Hall–Kier alpha value is -3.17. The van der Waals surface area contributed by atoms with Crippen molar-refractivity contribution in [2.75, 3.05) is 35.0 Å². The molecule has 0 saturated carbocycles. The molecule has 0 unspecified atom stereocenters. The Morgan fingerprint density at radius 3 is 2.27 bits per heavy atom. The number of aromatic carboxylic acids is 1. The molecule has 0 heterocycles. The molecule has 0 radical (unpaired) electrons. The Balaban J connectivity index is 2.76. The smallest absolute Gasteiger partial charge is 0.335 e. The van der Waals surface area contributed by atoms with Crippen LogP contribution in [0.25, 0.3) is 11.1 Å². The molecule has 0 aliphatic heterocycles. The zero-order valence-corrected chi connectivity index (χ0v) is 15.1. The number of carboxylic acid groups (broad SMARTS) is 1. The number of carboxylic acids is 1. The van der Waals surface area contributed by atoms with Gasteiger partial charge in [-0.2, -0.15) is 0 Å². The monoisotopic (exact) mass is 356 g/mol. The second-order valence-electron chi connectivity index (χ2n) is 5.19. The van der Waals surface area contributed by atoms with Crippen LogP contribution in [0.2, 0.25) is 0 Å². The van der Waals surface area contributed by atoms with Crippen LogP contribution >= 0.6 is 0 Å². The SMILES string of the molecule is COCC#Cc1cc(-c2cccc(C(=O)O)c2)c(OC)c(OC)c1OC. The Bertz CT molecular complexity index is 861. The molecule has 2 aromatic carbocycles. The van der Waals surface area contributed by atoms with E-state index in [4.69, 9.17) is 18.9 Å². The van der Waals surface area contributed by atoms with E-state index in [1.54, 1.807) is 31.4 Å². The molecule has 0 spiro atoms. The van der Waals surface area contributed by atoms with Crippen molar-refractivity contribution in [3.8, 4) is 40.2 Å². The highest BCUT2D eigenvalue weighted by Gasteiger charge is 2.21. The first-order valence-corrected chi connectivity index (χ1v) is 7.71. The molecule has 6 heteroatoms. The van der Waals surface area contributed by atoms with Crippen molar-refractivity contribution in [1.29, 1.82) is 0 Å². The summed E-state index contributed by atoms with van der Waals surface area (Å²) in [5, 5.41) is 9.25. The van der Waals surface area contributed by atoms with Gasteiger partial charge in [0.05, 0.1) is 32.5 Å². The Morgan fingerprint density at radius 1 is 1.00 bits per heavy atom. The van der Waals surface area contributed by atoms with Crippen molar-refractivity contribution in [2.24, 2.45) is 0 Å². The minimum Gasteiger partial charge on any atom is -0.492 e. The lowest BCUT2D eigenvalue weighted by atomic mass is 9.98. The van der Waals surface area contributed by atoms with E-state index in [2.05, 4.69) is 11.8 Å². The topological polar surface area (TPSA) is 74.2 Å². The first kappa shape index (κ1) is 19.2. The van der Waals surface area contributed by atoms with E-state index in [-0.39, 0.29) is 12.2 Å². The fourth-order valence-electron chi connectivity index (χ4n) is 2.54. The van der Waals surface area contributed by atoms with Crippen molar-refractivity contribution in [3.05, 3.63) is 41.5 Å². The third-order valence-corrected chi connectivity index (χ3v) is 3.66. The summed E-state index contributed by atoms with van der Waals surface area (Å²) >= 11 is 0. The van der Waals surface area contributed by atoms with Crippen LogP contribution in [0.15, 0.2) is 30.3 Å². The summed E-state index contributed by atoms with van der Waals surface area (Å²) in [4.78, 5) is 11.3. The highest BCUT2D eigenvalue weighted by atomic mass is 16.5. The molecule has 0 aromatic heterocycles. The molecule has 0 fully saturated rings. The van der Waals surface area contributed by atoms with Gasteiger partial charge in [0.15, 0.2) is 11.5 Å². The van der Waals surface area contributed by atoms with Crippen LogP contribution in [0, 0.1) is 11.8 Å². The van der Waals surface area contributed by atoms with Crippen molar-refractivity contribution < 1.29 is 28.8 Å². The third kappa shape index (κ3) is 3.90. The molecule has 26 heavy (non-hydrogen) atoms. The average Bonchev–Trinajstić information content (AvgIpc) is 2.66. The Morgan fingerprint density at radius 2 is 1.69 bits per heavy atom. The maximum atomic E-state index is 11.3. The lowest BCUT2D eigenvalue weighted by Crippen LogP contribution is -2.01. The van der Waals surface area contributed by atoms with Crippen LogP contribution in [0.1, 0.15) is 15.9 Å². The van der Waals surface area contributed by atoms with Crippen LogP contribution in [0.5, 0.6) is 17.2 Å². The minimum absolute atomic E-state index is 0.173. The van der Waals surface area contributed by atoms with E-state index in [0.29, 0.717) is 33.9 Å². The van der Waals surface area contributed by atoms with Gasteiger partial charge in [-0.25, -0.2) is 4.79 Å². The normalized spacial score (nSPS) is 9.85. The van der Waals surface area contributed by atoms with Gasteiger partial charge in [-0.05, 0) is 23.8 Å². The lowest BCUT2D eigenvalue weighted by Gasteiger charge is -2.18. The van der Waals surface area contributed by atoms with Gasteiger partial charge in [-0.3, -0.25) is 0 Å². The largest absolute Gasteiger partial charge is 0.492 e. The summed E-state index contributed by atoms with van der Waals surface area (Å²) in [6.45, 7) is 0.265. The molecule has 0 atom stereocenters. The third-order valence-electron chi connectivity index (χ3n) is 3.66. The summed E-state index contributed by atoms with van der Waals surface area (Å²) in [5.41, 5.74) is 2.07. The summed E-state index contributed by atoms with van der Waals surface area (Å²) in [6.07, 6.45) is 0. The predicted molar refractivity (Wildman–Crippen MR) is 97.2 cm³/mol. The minimum atomic E-state index is -1.01. The number of benzene rings is 2. The maximum Gasteiger partial charge on any atom is 0.335 e. The van der Waals surface area contributed by atoms with Crippen LogP contribution in [0.3, 0.4) is 0 Å². The highest BCUT2D eigenvalue weighted by molar-refractivity contribution is 5.90. The van der Waals surface area contributed by atoms with Gasteiger partial charge in [0.25, 0.3) is 0 Å². The van der Waals surface area contributed by atoms with Crippen molar-refractivity contribution in [3.63, 3.8) is 0 Å². The van der Waals surface area contributed by atoms with E-state index < -0.39 is 5.97 Å². The van der Waals surface area contributed by atoms with Gasteiger partial charge in [0.1, 0.15) is 6.61 Å². The number of ether oxygens (including phenoxy) is 4. The summed E-state index contributed by atoms with van der Waals surface area (Å²) in [6, 6.07) is 8.34. The molecule has 0 aliphatic rings. The second kappa shape index (κ2) is 8.79. The first-order chi connectivity index (χ1) is 12.6. The van der Waals surface area contributed by atoms with Gasteiger partial charge in [-0.1, -0.05) is 24.0 Å². The number of methoxy groups -OCH3 is 4. The van der Waals surface area contributed by atoms with Crippen LogP contribution in [-0.4, -0.2) is 46.1 Å². The van der Waals surface area contributed by atoms with E-state index >= 15 is 0 Å². The van der Waals surface area contributed by atoms with Gasteiger partial charge >= 0.3 is 5.97 Å². The molecular formula is C20H20O6. The molecule has 0 saturated heterocycles. The summed E-state index contributed by atoms with van der Waals surface area (Å²) in [7, 11) is 6.09. The lowest BCUT2D eigenvalue weighted by molar-refractivity contribution is 0.0697. The number of hydrogen-bond donors (Lipinski definition) is 1. The number of hydrogen-bond acceptors (Lipinski definition) is 5. The molecule has 2 rings (SSSR count). The van der Waals surface area contributed by atoms with Gasteiger partial charge in [0.2, 0.25) is 5.75 Å². The first-order valence-electron chi connectivity index (χ1n) is 7.71. The summed E-state index contributed by atoms with van der Waals surface area (Å²) in [5.74, 6) is 6.11.